The van der Waals surface area contributed by atoms with Crippen molar-refractivity contribution in [2.45, 2.75) is 6.92 Å². The summed E-state index contributed by atoms with van der Waals surface area (Å²) in [5, 5.41) is 6.99. The molecule has 0 radical (unpaired) electrons. The molecular weight excluding hydrogens is 360 g/mol. The zero-order valence-corrected chi connectivity index (χ0v) is 14.9. The number of benzene rings is 1. The molecule has 3 heterocycles. The lowest BCUT2D eigenvalue weighted by atomic mass is 10.2. The second-order valence-corrected chi connectivity index (χ2v) is 5.82. The molecule has 9 heteroatoms. The van der Waals surface area contributed by atoms with Gasteiger partial charge in [-0.1, -0.05) is 0 Å². The molecular formula is C19H16N6O3. The van der Waals surface area contributed by atoms with E-state index in [2.05, 4.69) is 20.4 Å². The van der Waals surface area contributed by atoms with Gasteiger partial charge in [-0.25, -0.2) is 19.4 Å². The van der Waals surface area contributed by atoms with Gasteiger partial charge in [-0.05, 0) is 43.3 Å². The van der Waals surface area contributed by atoms with E-state index >= 15 is 0 Å². The van der Waals surface area contributed by atoms with Crippen LogP contribution in [0.3, 0.4) is 0 Å². The number of imidazole rings is 1. The highest BCUT2D eigenvalue weighted by molar-refractivity contribution is 6.03. The minimum absolute atomic E-state index is 0.236. The van der Waals surface area contributed by atoms with Gasteiger partial charge in [0.1, 0.15) is 5.69 Å². The molecule has 0 spiro atoms. The number of hydrogen-bond acceptors (Lipinski definition) is 6. The van der Waals surface area contributed by atoms with Gasteiger partial charge in [-0.3, -0.25) is 9.20 Å². The second-order valence-electron chi connectivity index (χ2n) is 5.82. The molecule has 0 unspecified atom stereocenters. The molecule has 0 fully saturated rings. The van der Waals surface area contributed by atoms with Crippen LogP contribution in [0.5, 0.6) is 0 Å². The number of ether oxygens (including phenoxy) is 1. The molecule has 1 N–H and O–H groups in total. The first-order valence-electron chi connectivity index (χ1n) is 8.58. The quantitative estimate of drug-likeness (QED) is 0.536. The molecule has 28 heavy (non-hydrogen) atoms. The van der Waals surface area contributed by atoms with Gasteiger partial charge in [0, 0.05) is 30.5 Å². The Morgan fingerprint density at radius 2 is 1.93 bits per heavy atom. The number of fused-ring (bicyclic) bond motifs is 1. The van der Waals surface area contributed by atoms with Gasteiger partial charge in [0.2, 0.25) is 5.78 Å². The molecule has 3 aromatic heterocycles. The van der Waals surface area contributed by atoms with E-state index in [4.69, 9.17) is 4.74 Å². The van der Waals surface area contributed by atoms with Crippen LogP contribution in [0.4, 0.5) is 5.69 Å². The van der Waals surface area contributed by atoms with Crippen molar-refractivity contribution in [1.29, 1.82) is 0 Å². The number of nitrogens with one attached hydrogen (secondary N) is 1. The zero-order valence-electron chi connectivity index (χ0n) is 14.9. The molecule has 0 bridgehead atoms. The van der Waals surface area contributed by atoms with Crippen molar-refractivity contribution in [3.05, 3.63) is 72.6 Å². The van der Waals surface area contributed by atoms with Crippen molar-refractivity contribution in [3.63, 3.8) is 0 Å². The van der Waals surface area contributed by atoms with E-state index in [0.29, 0.717) is 18.1 Å². The lowest BCUT2D eigenvalue weighted by Crippen LogP contribution is -2.12. The molecule has 0 aliphatic carbocycles. The van der Waals surface area contributed by atoms with Gasteiger partial charge in [0.15, 0.2) is 5.69 Å². The van der Waals surface area contributed by atoms with E-state index in [1.807, 2.05) is 0 Å². The number of rotatable bonds is 5. The van der Waals surface area contributed by atoms with Crippen LogP contribution in [0.1, 0.15) is 27.9 Å². The summed E-state index contributed by atoms with van der Waals surface area (Å²) in [6.07, 6.45) is 6.68. The number of hydrogen-bond donors (Lipinski definition) is 1. The molecule has 4 rings (SSSR count). The van der Waals surface area contributed by atoms with Crippen molar-refractivity contribution < 1.29 is 14.3 Å². The molecule has 9 nitrogen and oxygen atoms in total. The van der Waals surface area contributed by atoms with E-state index in [-0.39, 0.29) is 17.3 Å². The molecule has 0 saturated heterocycles. The minimum Gasteiger partial charge on any atom is -0.461 e. The summed E-state index contributed by atoms with van der Waals surface area (Å²) in [4.78, 5) is 32.4. The van der Waals surface area contributed by atoms with Crippen molar-refractivity contribution >= 4 is 23.3 Å². The third-order valence-electron chi connectivity index (χ3n) is 3.93. The highest BCUT2D eigenvalue weighted by Gasteiger charge is 2.13. The van der Waals surface area contributed by atoms with Crippen molar-refractivity contribution in [1.82, 2.24) is 24.1 Å². The van der Waals surface area contributed by atoms with Gasteiger partial charge in [-0.2, -0.15) is 5.10 Å². The van der Waals surface area contributed by atoms with Crippen LogP contribution < -0.4 is 5.32 Å². The van der Waals surface area contributed by atoms with E-state index in [1.54, 1.807) is 77.2 Å². The van der Waals surface area contributed by atoms with E-state index in [1.165, 1.54) is 0 Å². The van der Waals surface area contributed by atoms with Crippen molar-refractivity contribution in [2.75, 3.05) is 11.9 Å². The van der Waals surface area contributed by atoms with Crippen LogP contribution >= 0.6 is 0 Å². The molecule has 0 aliphatic heterocycles. The van der Waals surface area contributed by atoms with Gasteiger partial charge in [-0.15, -0.1) is 0 Å². The summed E-state index contributed by atoms with van der Waals surface area (Å²) in [6.45, 7) is 2.03. The number of carbonyl (C=O) groups excluding carboxylic acids is 2. The standard InChI is InChI=1S/C19H16N6O3/c1-2-28-18(27)15-8-11-25(23-15)14-6-4-13(5-7-14)21-17(26)16-12-24-10-3-9-20-19(24)22-16/h3-12H,2H2,1H3,(H,21,26). The van der Waals surface area contributed by atoms with Gasteiger partial charge in [0.05, 0.1) is 12.3 Å². The molecule has 140 valence electrons. The predicted octanol–water partition coefficient (Wildman–Crippen LogP) is 2.34. The number of esters is 1. The van der Waals surface area contributed by atoms with Gasteiger partial charge < -0.3 is 10.1 Å². The van der Waals surface area contributed by atoms with E-state index in [0.717, 1.165) is 5.69 Å². The Balaban J connectivity index is 1.47. The first-order valence-corrected chi connectivity index (χ1v) is 8.58. The fraction of sp³-hybridized carbons (Fsp3) is 0.105. The Morgan fingerprint density at radius 1 is 1.11 bits per heavy atom. The number of anilines is 1. The van der Waals surface area contributed by atoms with Gasteiger partial charge in [0.25, 0.3) is 5.91 Å². The third-order valence-corrected chi connectivity index (χ3v) is 3.93. The molecule has 0 saturated carbocycles. The maximum absolute atomic E-state index is 12.4. The monoisotopic (exact) mass is 376 g/mol. The number of aromatic nitrogens is 5. The predicted molar refractivity (Wildman–Crippen MR) is 100 cm³/mol. The molecule has 0 atom stereocenters. The highest BCUT2D eigenvalue weighted by atomic mass is 16.5. The van der Waals surface area contributed by atoms with E-state index in [9.17, 15) is 9.59 Å². The largest absolute Gasteiger partial charge is 0.461 e. The number of nitrogens with zero attached hydrogens (tertiary/aromatic N) is 5. The summed E-state index contributed by atoms with van der Waals surface area (Å²) in [5.41, 5.74) is 1.86. The van der Waals surface area contributed by atoms with Crippen LogP contribution in [0.2, 0.25) is 0 Å². The Bertz CT molecular complexity index is 1110. The van der Waals surface area contributed by atoms with E-state index < -0.39 is 5.97 Å². The average Bonchev–Trinajstić information content (AvgIpc) is 3.36. The SMILES string of the molecule is CCOC(=O)c1ccn(-c2ccc(NC(=O)c3cn4cccnc4n3)cc2)n1. The Kier molecular flexibility index (Phi) is 4.55. The lowest BCUT2D eigenvalue weighted by Gasteiger charge is -2.05. The average molecular weight is 376 g/mol. The van der Waals surface area contributed by atoms with Crippen LogP contribution in [0.15, 0.2) is 61.2 Å². The summed E-state index contributed by atoms with van der Waals surface area (Å²) in [6, 6.07) is 10.4. The Morgan fingerprint density at radius 3 is 2.68 bits per heavy atom. The molecule has 1 aromatic carbocycles. The third kappa shape index (κ3) is 3.45. The van der Waals surface area contributed by atoms with Crippen LogP contribution in [-0.4, -0.2) is 42.6 Å². The minimum atomic E-state index is -0.466. The zero-order chi connectivity index (χ0) is 19.5. The van der Waals surface area contributed by atoms with Crippen molar-refractivity contribution in [2.24, 2.45) is 0 Å². The fourth-order valence-electron chi connectivity index (χ4n) is 2.61. The highest BCUT2D eigenvalue weighted by Crippen LogP contribution is 2.15. The number of amides is 1. The topological polar surface area (TPSA) is 103 Å². The van der Waals surface area contributed by atoms with Crippen LogP contribution in [0, 0.1) is 0 Å². The first-order chi connectivity index (χ1) is 13.6. The van der Waals surface area contributed by atoms with Crippen molar-refractivity contribution in [3.8, 4) is 5.69 Å². The molecule has 4 aromatic rings. The van der Waals surface area contributed by atoms with Crippen LogP contribution in [-0.2, 0) is 4.74 Å². The Hall–Kier alpha value is -4.01. The summed E-state index contributed by atoms with van der Waals surface area (Å²) in [5.74, 6) is -0.340. The Labute approximate surface area is 159 Å². The lowest BCUT2D eigenvalue weighted by molar-refractivity contribution is 0.0519. The smallest absolute Gasteiger partial charge is 0.358 e. The maximum atomic E-state index is 12.4. The molecule has 1 amide bonds. The maximum Gasteiger partial charge on any atom is 0.358 e. The summed E-state index contributed by atoms with van der Waals surface area (Å²) in [7, 11) is 0. The normalized spacial score (nSPS) is 10.8. The number of carbonyl (C=O) groups is 2. The second kappa shape index (κ2) is 7.31. The summed E-state index contributed by atoms with van der Waals surface area (Å²) < 4.78 is 8.17. The fourth-order valence-corrected chi connectivity index (χ4v) is 2.61. The van der Waals surface area contributed by atoms with Gasteiger partial charge >= 0.3 is 5.97 Å². The van der Waals surface area contributed by atoms with Crippen LogP contribution in [0.25, 0.3) is 11.5 Å². The summed E-state index contributed by atoms with van der Waals surface area (Å²) >= 11 is 0. The first kappa shape index (κ1) is 17.4. The molecule has 0 aliphatic rings.